The van der Waals surface area contributed by atoms with Crippen molar-refractivity contribution in [3.63, 3.8) is 0 Å². The molecule has 2 atom stereocenters. The first-order valence-electron chi connectivity index (χ1n) is 7.19. The lowest BCUT2D eigenvalue weighted by Gasteiger charge is -2.35. The maximum atomic E-state index is 11.6. The van der Waals surface area contributed by atoms with E-state index in [9.17, 15) is 14.7 Å². The molecule has 0 aromatic heterocycles. The third-order valence-corrected chi connectivity index (χ3v) is 3.62. The topological polar surface area (TPSA) is 90.9 Å². The molecule has 0 radical (unpaired) electrons. The van der Waals surface area contributed by atoms with E-state index in [1.54, 1.807) is 31.3 Å². The fourth-order valence-corrected chi connectivity index (χ4v) is 2.29. The van der Waals surface area contributed by atoms with Gasteiger partial charge in [-0.3, -0.25) is 4.79 Å². The van der Waals surface area contributed by atoms with Gasteiger partial charge in [-0.2, -0.15) is 0 Å². The van der Waals surface area contributed by atoms with Crippen LogP contribution in [0.3, 0.4) is 0 Å². The Bertz CT molecular complexity index is 532. The zero-order valence-electron chi connectivity index (χ0n) is 12.7. The van der Waals surface area contributed by atoms with Crippen molar-refractivity contribution in [2.75, 3.05) is 32.1 Å². The highest BCUT2D eigenvalue weighted by molar-refractivity contribution is 5.89. The molecule has 7 heteroatoms. The molecule has 1 saturated heterocycles. The molecule has 7 nitrogen and oxygen atoms in total. The van der Waals surface area contributed by atoms with Gasteiger partial charge in [0.25, 0.3) is 0 Å². The van der Waals surface area contributed by atoms with E-state index < -0.39 is 12.1 Å². The van der Waals surface area contributed by atoms with Gasteiger partial charge in [-0.05, 0) is 24.6 Å². The molecule has 1 fully saturated rings. The van der Waals surface area contributed by atoms with Crippen molar-refractivity contribution in [3.05, 3.63) is 29.8 Å². The monoisotopic (exact) mass is 307 g/mol. The number of aliphatic hydroxyl groups is 1. The van der Waals surface area contributed by atoms with Crippen LogP contribution in [-0.4, -0.2) is 54.8 Å². The number of nitrogens with zero attached hydrogens (tertiary/aromatic N) is 1. The maximum absolute atomic E-state index is 11.6. The Morgan fingerprint density at radius 1 is 1.45 bits per heavy atom. The molecule has 3 amide bonds. The van der Waals surface area contributed by atoms with Crippen molar-refractivity contribution in [3.8, 4) is 0 Å². The van der Waals surface area contributed by atoms with E-state index >= 15 is 0 Å². The summed E-state index contributed by atoms with van der Waals surface area (Å²) < 4.78 is 5.19. The number of carbonyl (C=O) groups is 2. The van der Waals surface area contributed by atoms with Crippen LogP contribution < -0.4 is 10.6 Å². The van der Waals surface area contributed by atoms with Crippen LogP contribution in [0, 0.1) is 0 Å². The number of hydrogen-bond acceptors (Lipinski definition) is 4. The van der Waals surface area contributed by atoms with E-state index in [1.165, 1.54) is 4.90 Å². The molecule has 1 aromatic carbocycles. The number of anilines is 1. The summed E-state index contributed by atoms with van der Waals surface area (Å²) in [6.07, 6.45) is -0.840. The van der Waals surface area contributed by atoms with Crippen LogP contribution in [0.15, 0.2) is 24.3 Å². The van der Waals surface area contributed by atoms with Crippen molar-refractivity contribution in [1.82, 2.24) is 10.2 Å². The molecular weight excluding hydrogens is 286 g/mol. The number of urea groups is 1. The van der Waals surface area contributed by atoms with Crippen molar-refractivity contribution in [1.29, 1.82) is 0 Å². The van der Waals surface area contributed by atoms with E-state index in [2.05, 4.69) is 10.6 Å². The molecule has 0 spiro atoms. The van der Waals surface area contributed by atoms with Crippen LogP contribution in [0.4, 0.5) is 10.5 Å². The Labute approximate surface area is 129 Å². The number of morpholine rings is 1. The maximum Gasteiger partial charge on any atom is 0.319 e. The molecule has 3 N–H and O–H groups in total. The molecule has 22 heavy (non-hydrogen) atoms. The number of likely N-dealkylation sites (N-methyl/N-ethyl adjacent to an activating group) is 1. The SMILES string of the molecule is CCNC(=O)Nc1ccc(C(O)C2COCC(=O)N2C)cc1. The van der Waals surface area contributed by atoms with E-state index in [0.29, 0.717) is 24.4 Å². The third kappa shape index (κ3) is 3.75. The second kappa shape index (κ2) is 7.24. The smallest absolute Gasteiger partial charge is 0.319 e. The van der Waals surface area contributed by atoms with Crippen molar-refractivity contribution >= 4 is 17.6 Å². The van der Waals surface area contributed by atoms with Crippen LogP contribution in [-0.2, 0) is 9.53 Å². The van der Waals surface area contributed by atoms with Gasteiger partial charge in [0.15, 0.2) is 0 Å². The highest BCUT2D eigenvalue weighted by Crippen LogP contribution is 2.24. The van der Waals surface area contributed by atoms with E-state index in [4.69, 9.17) is 4.74 Å². The molecule has 120 valence electrons. The molecule has 1 aliphatic rings. The minimum atomic E-state index is -0.840. The predicted molar refractivity (Wildman–Crippen MR) is 81.5 cm³/mol. The second-order valence-corrected chi connectivity index (χ2v) is 5.14. The lowest BCUT2D eigenvalue weighted by molar-refractivity contribution is -0.151. The number of hydrogen-bond donors (Lipinski definition) is 3. The van der Waals surface area contributed by atoms with Crippen LogP contribution in [0.2, 0.25) is 0 Å². The average Bonchev–Trinajstić information content (AvgIpc) is 2.50. The molecule has 0 saturated carbocycles. The first-order valence-corrected chi connectivity index (χ1v) is 7.19. The van der Waals surface area contributed by atoms with Gasteiger partial charge < -0.3 is 25.4 Å². The number of aliphatic hydroxyl groups excluding tert-OH is 1. The Kier molecular flexibility index (Phi) is 5.35. The lowest BCUT2D eigenvalue weighted by Crippen LogP contribution is -2.49. The highest BCUT2D eigenvalue weighted by Gasteiger charge is 2.31. The molecule has 2 unspecified atom stereocenters. The molecular formula is C15H21N3O4. The number of benzene rings is 1. The lowest BCUT2D eigenvalue weighted by atomic mass is 10.0. The van der Waals surface area contributed by atoms with Gasteiger partial charge >= 0.3 is 6.03 Å². The largest absolute Gasteiger partial charge is 0.386 e. The van der Waals surface area contributed by atoms with E-state index in [1.807, 2.05) is 6.92 Å². The summed E-state index contributed by atoms with van der Waals surface area (Å²) >= 11 is 0. The zero-order chi connectivity index (χ0) is 16.1. The fourth-order valence-electron chi connectivity index (χ4n) is 2.29. The summed E-state index contributed by atoms with van der Waals surface area (Å²) in [6.45, 7) is 2.73. The van der Waals surface area contributed by atoms with Crippen molar-refractivity contribution in [2.45, 2.75) is 19.1 Å². The van der Waals surface area contributed by atoms with Gasteiger partial charge in [0.2, 0.25) is 5.91 Å². The summed E-state index contributed by atoms with van der Waals surface area (Å²) in [5.41, 5.74) is 1.29. The zero-order valence-corrected chi connectivity index (χ0v) is 12.7. The summed E-state index contributed by atoms with van der Waals surface area (Å²) in [5, 5.41) is 15.7. The van der Waals surface area contributed by atoms with E-state index in [0.717, 1.165) is 0 Å². The summed E-state index contributed by atoms with van der Waals surface area (Å²) in [4.78, 5) is 24.5. The Morgan fingerprint density at radius 3 is 2.77 bits per heavy atom. The van der Waals surface area contributed by atoms with Gasteiger partial charge in [0.1, 0.15) is 12.7 Å². The standard InChI is InChI=1S/C15H21N3O4/c1-3-16-15(21)17-11-6-4-10(5-7-11)14(20)12-8-22-9-13(19)18(12)2/h4-7,12,14,20H,3,8-9H2,1-2H3,(H2,16,17,21). The summed E-state index contributed by atoms with van der Waals surface area (Å²) in [6, 6.07) is 6.17. The minimum absolute atomic E-state index is 0.0507. The van der Waals surface area contributed by atoms with Gasteiger partial charge in [-0.25, -0.2) is 4.79 Å². The Balaban J connectivity index is 2.03. The summed E-state index contributed by atoms with van der Waals surface area (Å²) in [5.74, 6) is -0.148. The highest BCUT2D eigenvalue weighted by atomic mass is 16.5. The predicted octanol–water partition coefficient (Wildman–Crippen LogP) is 0.719. The van der Waals surface area contributed by atoms with Gasteiger partial charge in [-0.15, -0.1) is 0 Å². The average molecular weight is 307 g/mol. The molecule has 1 aliphatic heterocycles. The minimum Gasteiger partial charge on any atom is -0.386 e. The number of rotatable bonds is 4. The van der Waals surface area contributed by atoms with Gasteiger partial charge in [-0.1, -0.05) is 12.1 Å². The number of nitrogens with one attached hydrogen (secondary N) is 2. The number of amides is 3. The van der Waals surface area contributed by atoms with Crippen LogP contribution in [0.25, 0.3) is 0 Å². The fraction of sp³-hybridized carbons (Fsp3) is 0.467. The summed E-state index contributed by atoms with van der Waals surface area (Å²) in [7, 11) is 1.66. The third-order valence-electron chi connectivity index (χ3n) is 3.62. The molecule has 1 heterocycles. The molecule has 0 bridgehead atoms. The van der Waals surface area contributed by atoms with Crippen LogP contribution in [0.5, 0.6) is 0 Å². The van der Waals surface area contributed by atoms with Gasteiger partial charge in [0.05, 0.1) is 12.6 Å². The number of carbonyl (C=O) groups excluding carboxylic acids is 2. The first-order chi connectivity index (χ1) is 10.5. The van der Waals surface area contributed by atoms with E-state index in [-0.39, 0.29) is 18.5 Å². The molecule has 2 rings (SSSR count). The van der Waals surface area contributed by atoms with Gasteiger partial charge in [0, 0.05) is 19.3 Å². The van der Waals surface area contributed by atoms with Crippen LogP contribution >= 0.6 is 0 Å². The van der Waals surface area contributed by atoms with Crippen LogP contribution in [0.1, 0.15) is 18.6 Å². The molecule has 0 aliphatic carbocycles. The Morgan fingerprint density at radius 2 is 2.14 bits per heavy atom. The second-order valence-electron chi connectivity index (χ2n) is 5.14. The van der Waals surface area contributed by atoms with Crippen molar-refractivity contribution < 1.29 is 19.4 Å². The first kappa shape index (κ1) is 16.3. The quantitative estimate of drug-likeness (QED) is 0.764. The molecule has 1 aromatic rings. The normalized spacial score (nSPS) is 19.7. The Hall–Kier alpha value is -2.12. The number of ether oxygens (including phenoxy) is 1. The van der Waals surface area contributed by atoms with Crippen molar-refractivity contribution in [2.24, 2.45) is 0 Å².